The molecular formula is C15H21N. The molecule has 1 unspecified atom stereocenters. The van der Waals surface area contributed by atoms with E-state index >= 15 is 0 Å². The Bertz CT molecular complexity index is 371. The summed E-state index contributed by atoms with van der Waals surface area (Å²) in [4.78, 5) is 0. The molecule has 0 saturated heterocycles. The number of hydrogen-bond donors (Lipinski definition) is 1. The zero-order chi connectivity index (χ0) is 11.8. The summed E-state index contributed by atoms with van der Waals surface area (Å²) in [6.45, 7) is 4.10. The lowest BCUT2D eigenvalue weighted by molar-refractivity contribution is 0.554. The summed E-state index contributed by atoms with van der Waals surface area (Å²) in [6.07, 6.45) is 3.13. The van der Waals surface area contributed by atoms with Gasteiger partial charge in [-0.15, -0.1) is 11.8 Å². The van der Waals surface area contributed by atoms with Gasteiger partial charge < -0.3 is 5.32 Å². The molecule has 0 aliphatic heterocycles. The average molecular weight is 215 g/mol. The van der Waals surface area contributed by atoms with Crippen molar-refractivity contribution in [1.29, 1.82) is 0 Å². The van der Waals surface area contributed by atoms with Gasteiger partial charge in [0.05, 0.1) is 0 Å². The third-order valence-corrected chi connectivity index (χ3v) is 2.89. The fraction of sp³-hybridized carbons (Fsp3) is 0.467. The summed E-state index contributed by atoms with van der Waals surface area (Å²) in [6, 6.07) is 9.09. The molecule has 0 spiro atoms. The second-order valence-corrected chi connectivity index (χ2v) is 3.86. The molecule has 0 aliphatic rings. The van der Waals surface area contributed by atoms with Crippen molar-refractivity contribution < 1.29 is 0 Å². The molecule has 0 saturated carbocycles. The average Bonchev–Trinajstić information content (AvgIpc) is 2.35. The highest BCUT2D eigenvalue weighted by atomic mass is 14.9. The zero-order valence-corrected chi connectivity index (χ0v) is 10.5. The summed E-state index contributed by atoms with van der Waals surface area (Å²) in [5, 5.41) is 3.38. The van der Waals surface area contributed by atoms with Gasteiger partial charge in [-0.25, -0.2) is 0 Å². The van der Waals surface area contributed by atoms with Gasteiger partial charge in [-0.2, -0.15) is 0 Å². The molecule has 1 heteroatoms. The largest absolute Gasteiger partial charge is 0.313 e. The Morgan fingerprint density at radius 1 is 1.31 bits per heavy atom. The van der Waals surface area contributed by atoms with E-state index in [1.807, 2.05) is 14.0 Å². The Balaban J connectivity index is 2.79. The molecule has 0 amide bonds. The first kappa shape index (κ1) is 12.8. The molecule has 1 N–H and O–H groups in total. The van der Waals surface area contributed by atoms with Crippen LogP contribution in [0.1, 0.15) is 43.9 Å². The second-order valence-electron chi connectivity index (χ2n) is 3.86. The van der Waals surface area contributed by atoms with Crippen LogP contribution >= 0.6 is 0 Å². The normalized spacial score (nSPS) is 11.7. The van der Waals surface area contributed by atoms with Crippen LogP contribution in [0.3, 0.4) is 0 Å². The molecule has 0 heterocycles. The topological polar surface area (TPSA) is 12.0 Å². The maximum absolute atomic E-state index is 3.38. The molecule has 0 aromatic heterocycles. The lowest BCUT2D eigenvalue weighted by Gasteiger charge is -2.18. The summed E-state index contributed by atoms with van der Waals surface area (Å²) in [5.74, 6) is 6.08. The predicted molar refractivity (Wildman–Crippen MR) is 70.3 cm³/mol. The second kappa shape index (κ2) is 7.09. The molecule has 1 atom stereocenters. The van der Waals surface area contributed by atoms with Gasteiger partial charge in [-0.3, -0.25) is 0 Å². The van der Waals surface area contributed by atoms with Crippen LogP contribution < -0.4 is 5.32 Å². The maximum Gasteiger partial charge on any atom is 0.0329 e. The van der Waals surface area contributed by atoms with Crippen molar-refractivity contribution in [3.05, 3.63) is 35.4 Å². The highest BCUT2D eigenvalue weighted by molar-refractivity contribution is 5.30. The monoisotopic (exact) mass is 215 g/mol. The van der Waals surface area contributed by atoms with E-state index in [0.29, 0.717) is 6.04 Å². The van der Waals surface area contributed by atoms with Crippen molar-refractivity contribution in [3.63, 3.8) is 0 Å². The summed E-state index contributed by atoms with van der Waals surface area (Å²) in [5.41, 5.74) is 2.86. The lowest BCUT2D eigenvalue weighted by atomic mass is 9.95. The van der Waals surface area contributed by atoms with Crippen LogP contribution in [0.15, 0.2) is 24.3 Å². The quantitative estimate of drug-likeness (QED) is 0.743. The SMILES string of the molecule is CC#CCCC(NC)c1ccccc1CC. The molecule has 86 valence electrons. The van der Waals surface area contributed by atoms with E-state index in [1.54, 1.807) is 0 Å². The number of rotatable bonds is 5. The molecule has 1 rings (SSSR count). The minimum absolute atomic E-state index is 0.428. The molecule has 1 nitrogen and oxygen atoms in total. The van der Waals surface area contributed by atoms with Crippen LogP contribution in [0.5, 0.6) is 0 Å². The van der Waals surface area contributed by atoms with E-state index in [9.17, 15) is 0 Å². The first-order valence-electron chi connectivity index (χ1n) is 5.98. The Morgan fingerprint density at radius 3 is 2.69 bits per heavy atom. The molecule has 1 aromatic carbocycles. The molecule has 0 fully saturated rings. The van der Waals surface area contributed by atoms with Crippen molar-refractivity contribution in [3.8, 4) is 11.8 Å². The van der Waals surface area contributed by atoms with Crippen LogP contribution in [0.2, 0.25) is 0 Å². The molecule has 0 bridgehead atoms. The van der Waals surface area contributed by atoms with Crippen LogP contribution in [0, 0.1) is 11.8 Å². The van der Waals surface area contributed by atoms with E-state index in [2.05, 4.69) is 48.3 Å². The summed E-state index contributed by atoms with van der Waals surface area (Å²) >= 11 is 0. The van der Waals surface area contributed by atoms with Gasteiger partial charge in [0.2, 0.25) is 0 Å². The third-order valence-electron chi connectivity index (χ3n) is 2.89. The van der Waals surface area contributed by atoms with Gasteiger partial charge in [0, 0.05) is 12.5 Å². The van der Waals surface area contributed by atoms with E-state index in [0.717, 1.165) is 19.3 Å². The molecule has 0 radical (unpaired) electrons. The van der Waals surface area contributed by atoms with Crippen molar-refractivity contribution in [1.82, 2.24) is 5.32 Å². The first-order chi connectivity index (χ1) is 7.83. The zero-order valence-electron chi connectivity index (χ0n) is 10.5. The van der Waals surface area contributed by atoms with Crippen LogP contribution in [0.25, 0.3) is 0 Å². The van der Waals surface area contributed by atoms with Crippen molar-refractivity contribution in [2.24, 2.45) is 0 Å². The van der Waals surface area contributed by atoms with Crippen molar-refractivity contribution in [2.45, 2.75) is 39.2 Å². The molecule has 0 aliphatic carbocycles. The van der Waals surface area contributed by atoms with E-state index in [4.69, 9.17) is 0 Å². The fourth-order valence-electron chi connectivity index (χ4n) is 1.99. The van der Waals surface area contributed by atoms with Crippen LogP contribution in [0.4, 0.5) is 0 Å². The number of nitrogens with one attached hydrogen (secondary N) is 1. The number of aryl methyl sites for hydroxylation is 1. The highest BCUT2D eigenvalue weighted by Crippen LogP contribution is 2.22. The fourth-order valence-corrected chi connectivity index (χ4v) is 1.99. The van der Waals surface area contributed by atoms with Crippen molar-refractivity contribution >= 4 is 0 Å². The van der Waals surface area contributed by atoms with Crippen molar-refractivity contribution in [2.75, 3.05) is 7.05 Å². The molecular weight excluding hydrogens is 194 g/mol. The standard InChI is InChI=1S/C15H21N/c1-4-6-7-12-15(16-3)14-11-9-8-10-13(14)5-2/h8-11,15-16H,5,7,12H2,1-3H3. The number of hydrogen-bond acceptors (Lipinski definition) is 1. The van der Waals surface area contributed by atoms with Gasteiger partial charge in [0.15, 0.2) is 0 Å². The Morgan fingerprint density at radius 2 is 2.06 bits per heavy atom. The first-order valence-corrected chi connectivity index (χ1v) is 5.98. The smallest absolute Gasteiger partial charge is 0.0329 e. The van der Waals surface area contributed by atoms with E-state index < -0.39 is 0 Å². The maximum atomic E-state index is 3.38. The van der Waals surface area contributed by atoms with E-state index in [-0.39, 0.29) is 0 Å². The predicted octanol–water partition coefficient (Wildman–Crippen LogP) is 3.31. The Hall–Kier alpha value is -1.26. The van der Waals surface area contributed by atoms with Crippen LogP contribution in [-0.4, -0.2) is 7.05 Å². The van der Waals surface area contributed by atoms with E-state index in [1.165, 1.54) is 11.1 Å². The third kappa shape index (κ3) is 3.40. The van der Waals surface area contributed by atoms with Gasteiger partial charge >= 0.3 is 0 Å². The molecule has 1 aromatic rings. The Labute approximate surface area is 99.3 Å². The summed E-state index contributed by atoms with van der Waals surface area (Å²) < 4.78 is 0. The van der Waals surface area contributed by atoms with Gasteiger partial charge in [-0.1, -0.05) is 31.2 Å². The summed E-state index contributed by atoms with van der Waals surface area (Å²) in [7, 11) is 2.02. The highest BCUT2D eigenvalue weighted by Gasteiger charge is 2.11. The van der Waals surface area contributed by atoms with Gasteiger partial charge in [-0.05, 0) is 37.9 Å². The van der Waals surface area contributed by atoms with Gasteiger partial charge in [0.25, 0.3) is 0 Å². The van der Waals surface area contributed by atoms with Crippen LogP contribution in [-0.2, 0) is 6.42 Å². The minimum atomic E-state index is 0.428. The number of benzene rings is 1. The minimum Gasteiger partial charge on any atom is -0.313 e. The molecule has 16 heavy (non-hydrogen) atoms. The lowest BCUT2D eigenvalue weighted by Crippen LogP contribution is -2.17. The Kier molecular flexibility index (Phi) is 5.67. The van der Waals surface area contributed by atoms with Gasteiger partial charge in [0.1, 0.15) is 0 Å².